The maximum atomic E-state index is 13.2. The number of nitrogens with zero attached hydrogens (tertiary/aromatic N) is 5. The fourth-order valence-corrected chi connectivity index (χ4v) is 4.09. The van der Waals surface area contributed by atoms with Gasteiger partial charge in [-0.05, 0) is 42.7 Å². The Morgan fingerprint density at radius 2 is 2.11 bits per heavy atom. The first-order valence-corrected chi connectivity index (χ1v) is 9.40. The summed E-state index contributed by atoms with van der Waals surface area (Å²) in [4.78, 5) is 28.1. The lowest BCUT2D eigenvalue weighted by Crippen LogP contribution is -2.32. The Balaban J connectivity index is 1.81. The highest BCUT2D eigenvalue weighted by molar-refractivity contribution is 7.22. The summed E-state index contributed by atoms with van der Waals surface area (Å²) in [5, 5.41) is 0.663. The third-order valence-corrected chi connectivity index (χ3v) is 5.59. The molecule has 4 rings (SSSR count). The van der Waals surface area contributed by atoms with E-state index >= 15 is 0 Å². The normalized spacial score (nSPS) is 11.1. The van der Waals surface area contributed by atoms with Gasteiger partial charge < -0.3 is 4.57 Å². The van der Waals surface area contributed by atoms with E-state index in [-0.39, 0.29) is 5.91 Å². The largest absolute Gasteiger partial charge is 0.330 e. The van der Waals surface area contributed by atoms with Gasteiger partial charge in [-0.3, -0.25) is 14.7 Å². The number of benzene rings is 1. The zero-order valence-electron chi connectivity index (χ0n) is 15.4. The van der Waals surface area contributed by atoms with Crippen molar-refractivity contribution in [1.82, 2.24) is 19.5 Å². The Morgan fingerprint density at radius 3 is 2.81 bits per heavy atom. The number of hydrogen-bond donors (Lipinski definition) is 0. The van der Waals surface area contributed by atoms with Crippen LogP contribution in [0.15, 0.2) is 49.1 Å². The van der Waals surface area contributed by atoms with E-state index in [0.29, 0.717) is 17.5 Å². The molecular formula is C20H19N5OS. The summed E-state index contributed by atoms with van der Waals surface area (Å²) in [5.41, 5.74) is 4.18. The van der Waals surface area contributed by atoms with Crippen molar-refractivity contribution < 1.29 is 4.79 Å². The van der Waals surface area contributed by atoms with Crippen molar-refractivity contribution in [2.75, 3.05) is 4.90 Å². The lowest BCUT2D eigenvalue weighted by atomic mass is 10.1. The Morgan fingerprint density at radius 1 is 1.26 bits per heavy atom. The molecule has 6 nitrogen and oxygen atoms in total. The fourth-order valence-electron chi connectivity index (χ4n) is 3.07. The number of rotatable bonds is 4. The van der Waals surface area contributed by atoms with Crippen LogP contribution in [0, 0.1) is 13.8 Å². The van der Waals surface area contributed by atoms with E-state index in [0.717, 1.165) is 21.3 Å². The maximum absolute atomic E-state index is 13.2. The van der Waals surface area contributed by atoms with Crippen molar-refractivity contribution in [1.29, 1.82) is 0 Å². The average molecular weight is 377 g/mol. The van der Waals surface area contributed by atoms with Crippen LogP contribution in [0.25, 0.3) is 10.2 Å². The van der Waals surface area contributed by atoms with Crippen LogP contribution in [0.4, 0.5) is 5.13 Å². The van der Waals surface area contributed by atoms with Gasteiger partial charge in [0, 0.05) is 31.8 Å². The van der Waals surface area contributed by atoms with Crippen LogP contribution in [-0.2, 0) is 13.6 Å². The SMILES string of the molecule is Cc1cc(C)c2sc(N(Cc3cccnc3)C(=O)c3nccn3C)nc2c1. The molecule has 4 aromatic rings. The third-order valence-electron chi connectivity index (χ3n) is 4.36. The molecule has 1 amide bonds. The van der Waals surface area contributed by atoms with E-state index in [1.165, 1.54) is 16.9 Å². The van der Waals surface area contributed by atoms with Crippen molar-refractivity contribution in [2.24, 2.45) is 7.05 Å². The highest BCUT2D eigenvalue weighted by Gasteiger charge is 2.25. The summed E-state index contributed by atoms with van der Waals surface area (Å²) in [5.74, 6) is 0.200. The molecule has 7 heteroatoms. The smallest absolute Gasteiger partial charge is 0.296 e. The number of aromatic nitrogens is 4. The molecule has 136 valence electrons. The molecule has 3 heterocycles. The lowest BCUT2D eigenvalue weighted by Gasteiger charge is -2.19. The second-order valence-corrected chi connectivity index (χ2v) is 7.52. The topological polar surface area (TPSA) is 63.9 Å². The second-order valence-electron chi connectivity index (χ2n) is 6.54. The van der Waals surface area contributed by atoms with Gasteiger partial charge in [0.25, 0.3) is 5.91 Å². The zero-order valence-corrected chi connectivity index (χ0v) is 16.2. The summed E-state index contributed by atoms with van der Waals surface area (Å²) in [6.45, 7) is 4.51. The Bertz CT molecular complexity index is 1120. The summed E-state index contributed by atoms with van der Waals surface area (Å²) in [6.07, 6.45) is 6.88. The van der Waals surface area contributed by atoms with Crippen LogP contribution >= 0.6 is 11.3 Å². The van der Waals surface area contributed by atoms with Crippen molar-refractivity contribution in [3.63, 3.8) is 0 Å². The van der Waals surface area contributed by atoms with Gasteiger partial charge in [-0.2, -0.15) is 0 Å². The van der Waals surface area contributed by atoms with Crippen LogP contribution in [-0.4, -0.2) is 25.4 Å². The van der Waals surface area contributed by atoms with E-state index in [1.54, 1.807) is 34.3 Å². The number of anilines is 1. The molecule has 0 radical (unpaired) electrons. The first-order chi connectivity index (χ1) is 13.0. The van der Waals surface area contributed by atoms with Crippen molar-refractivity contribution in [3.05, 3.63) is 71.6 Å². The van der Waals surface area contributed by atoms with Gasteiger partial charge in [0.05, 0.1) is 16.8 Å². The molecule has 0 saturated carbocycles. The molecular weight excluding hydrogens is 358 g/mol. The summed E-state index contributed by atoms with van der Waals surface area (Å²) < 4.78 is 2.82. The highest BCUT2D eigenvalue weighted by Crippen LogP contribution is 2.33. The van der Waals surface area contributed by atoms with E-state index < -0.39 is 0 Å². The number of fused-ring (bicyclic) bond motifs is 1. The van der Waals surface area contributed by atoms with Crippen molar-refractivity contribution in [3.8, 4) is 0 Å². The van der Waals surface area contributed by atoms with Gasteiger partial charge >= 0.3 is 0 Å². The number of pyridine rings is 1. The molecule has 0 aliphatic rings. The average Bonchev–Trinajstić information content (AvgIpc) is 3.26. The molecule has 0 bridgehead atoms. The number of aryl methyl sites for hydroxylation is 3. The van der Waals surface area contributed by atoms with Crippen molar-refractivity contribution in [2.45, 2.75) is 20.4 Å². The summed E-state index contributed by atoms with van der Waals surface area (Å²) >= 11 is 1.53. The van der Waals surface area contributed by atoms with Crippen LogP contribution in [0.3, 0.4) is 0 Å². The van der Waals surface area contributed by atoms with Crippen LogP contribution < -0.4 is 4.90 Å². The molecule has 0 spiro atoms. The van der Waals surface area contributed by atoms with Gasteiger partial charge in [0.15, 0.2) is 11.0 Å². The molecule has 27 heavy (non-hydrogen) atoms. The second kappa shape index (κ2) is 6.92. The number of carbonyl (C=O) groups excluding carboxylic acids is 1. The van der Waals surface area contributed by atoms with Gasteiger partial charge in [-0.25, -0.2) is 9.97 Å². The monoisotopic (exact) mass is 377 g/mol. The molecule has 0 saturated heterocycles. The predicted molar refractivity (Wildman–Crippen MR) is 107 cm³/mol. The minimum absolute atomic E-state index is 0.181. The number of hydrogen-bond acceptors (Lipinski definition) is 5. The summed E-state index contributed by atoms with van der Waals surface area (Å²) in [6, 6.07) is 8.01. The predicted octanol–water partition coefficient (Wildman–Crippen LogP) is 3.89. The number of imidazole rings is 1. The molecule has 0 unspecified atom stereocenters. The highest BCUT2D eigenvalue weighted by atomic mass is 32.1. The molecule has 0 aliphatic carbocycles. The Hall–Kier alpha value is -3.06. The minimum Gasteiger partial charge on any atom is -0.330 e. The molecule has 3 aromatic heterocycles. The standard InChI is InChI=1S/C20H19N5OS/c1-13-9-14(2)17-16(10-13)23-20(27-17)25(12-15-5-4-6-21-11-15)19(26)18-22-7-8-24(18)3/h4-11H,12H2,1-3H3. The van der Waals surface area contributed by atoms with Gasteiger partial charge in [0.2, 0.25) is 0 Å². The molecule has 1 aromatic carbocycles. The first kappa shape index (κ1) is 17.4. The van der Waals surface area contributed by atoms with Crippen LogP contribution in [0.1, 0.15) is 27.3 Å². The molecule has 0 aliphatic heterocycles. The number of thiazole rings is 1. The molecule has 0 atom stereocenters. The lowest BCUT2D eigenvalue weighted by molar-refractivity contribution is 0.0972. The van der Waals surface area contributed by atoms with E-state index in [9.17, 15) is 4.79 Å². The Labute approximate surface area is 161 Å². The zero-order chi connectivity index (χ0) is 19.0. The number of amides is 1. The van der Waals surface area contributed by atoms with Gasteiger partial charge in [-0.15, -0.1) is 0 Å². The Kier molecular flexibility index (Phi) is 4.45. The minimum atomic E-state index is -0.181. The van der Waals surface area contributed by atoms with Crippen molar-refractivity contribution >= 4 is 32.6 Å². The van der Waals surface area contributed by atoms with Gasteiger partial charge in [-0.1, -0.05) is 23.5 Å². The van der Waals surface area contributed by atoms with E-state index in [4.69, 9.17) is 4.98 Å². The molecule has 0 fully saturated rings. The maximum Gasteiger partial charge on any atom is 0.296 e. The molecule has 0 N–H and O–H groups in total. The number of carbonyl (C=O) groups is 1. The fraction of sp³-hybridized carbons (Fsp3) is 0.200. The van der Waals surface area contributed by atoms with Crippen LogP contribution in [0.2, 0.25) is 0 Å². The van der Waals surface area contributed by atoms with E-state index in [1.807, 2.05) is 19.2 Å². The van der Waals surface area contributed by atoms with E-state index in [2.05, 4.69) is 35.9 Å². The quantitative estimate of drug-likeness (QED) is 0.541. The van der Waals surface area contributed by atoms with Gasteiger partial charge in [0.1, 0.15) is 0 Å². The van der Waals surface area contributed by atoms with Crippen LogP contribution in [0.5, 0.6) is 0 Å². The third kappa shape index (κ3) is 3.33. The summed E-state index contributed by atoms with van der Waals surface area (Å²) in [7, 11) is 1.81. The first-order valence-electron chi connectivity index (χ1n) is 8.59.